The number of hydrogen-bond acceptors (Lipinski definition) is 4. The molecule has 0 spiro atoms. The van der Waals surface area contributed by atoms with Gasteiger partial charge in [-0.2, -0.15) is 5.26 Å². The van der Waals surface area contributed by atoms with Crippen LogP contribution in [0.1, 0.15) is 57.1 Å². The maximum absolute atomic E-state index is 10.2. The number of unbranched alkanes of at least 4 members (excludes halogenated alkanes) is 2. The predicted octanol–water partition coefficient (Wildman–Crippen LogP) is 6.25. The first-order chi connectivity index (χ1) is 15.5. The number of hydrogen-bond donors (Lipinski definition) is 0. The maximum Gasteiger partial charge on any atom is 0.161 e. The van der Waals surface area contributed by atoms with Crippen LogP contribution in [0.25, 0.3) is 0 Å². The van der Waals surface area contributed by atoms with Gasteiger partial charge in [-0.3, -0.25) is 0 Å². The first-order valence-corrected chi connectivity index (χ1v) is 11.8. The highest BCUT2D eigenvalue weighted by Crippen LogP contribution is 2.40. The molecule has 2 aromatic rings. The van der Waals surface area contributed by atoms with Crippen molar-refractivity contribution in [2.75, 3.05) is 34.4 Å². The van der Waals surface area contributed by atoms with Gasteiger partial charge < -0.3 is 14.4 Å². The van der Waals surface area contributed by atoms with E-state index in [2.05, 4.69) is 62.2 Å². The van der Waals surface area contributed by atoms with Gasteiger partial charge in [0.15, 0.2) is 11.5 Å². The third-order valence-electron chi connectivity index (χ3n) is 6.54. The van der Waals surface area contributed by atoms with Crippen LogP contribution in [0.2, 0.25) is 0 Å². The van der Waals surface area contributed by atoms with E-state index in [1.54, 1.807) is 14.2 Å². The number of nitriles is 1. The molecule has 0 aromatic heterocycles. The van der Waals surface area contributed by atoms with Crippen LogP contribution in [-0.2, 0) is 11.8 Å². The molecule has 0 aliphatic rings. The number of ether oxygens (including phenoxy) is 2. The van der Waals surface area contributed by atoms with Crippen LogP contribution in [0.4, 0.5) is 0 Å². The Kier molecular flexibility index (Phi) is 10.6. The molecule has 1 atom stereocenters. The van der Waals surface area contributed by atoms with Gasteiger partial charge in [0.1, 0.15) is 0 Å². The Balaban J connectivity index is 1.85. The largest absolute Gasteiger partial charge is 0.493 e. The SMILES string of the molecule is COc1ccc(C(C#N)(CCCN(C)CCCCCc2ccccc2)C(C)C)cc1OC. The number of nitrogens with zero attached hydrogens (tertiary/aromatic N) is 2. The molecule has 0 aliphatic heterocycles. The quantitative estimate of drug-likeness (QED) is 0.329. The normalized spacial score (nSPS) is 13.1. The fraction of sp³-hybridized carbons (Fsp3) is 0.536. The fourth-order valence-electron chi connectivity index (χ4n) is 4.40. The van der Waals surface area contributed by atoms with E-state index in [9.17, 15) is 5.26 Å². The molecule has 0 aliphatic carbocycles. The second kappa shape index (κ2) is 13.1. The van der Waals surface area contributed by atoms with Gasteiger partial charge in [-0.1, -0.05) is 56.7 Å². The molecule has 0 saturated carbocycles. The monoisotopic (exact) mass is 436 g/mol. The van der Waals surface area contributed by atoms with Crippen molar-refractivity contribution in [3.05, 3.63) is 59.7 Å². The van der Waals surface area contributed by atoms with E-state index >= 15 is 0 Å². The molecule has 174 valence electrons. The van der Waals surface area contributed by atoms with E-state index in [0.29, 0.717) is 11.5 Å². The van der Waals surface area contributed by atoms with Crippen molar-refractivity contribution in [1.82, 2.24) is 4.90 Å². The zero-order chi connectivity index (χ0) is 23.4. The van der Waals surface area contributed by atoms with Crippen molar-refractivity contribution < 1.29 is 9.47 Å². The second-order valence-electron chi connectivity index (χ2n) is 9.01. The summed E-state index contributed by atoms with van der Waals surface area (Å²) >= 11 is 0. The summed E-state index contributed by atoms with van der Waals surface area (Å²) in [5, 5.41) is 10.2. The minimum absolute atomic E-state index is 0.203. The first kappa shape index (κ1) is 25.7. The Bertz CT molecular complexity index is 844. The van der Waals surface area contributed by atoms with Crippen molar-refractivity contribution in [3.63, 3.8) is 0 Å². The van der Waals surface area contributed by atoms with Crippen LogP contribution in [-0.4, -0.2) is 39.3 Å². The van der Waals surface area contributed by atoms with Crippen molar-refractivity contribution in [3.8, 4) is 17.6 Å². The molecule has 4 nitrogen and oxygen atoms in total. The molecule has 32 heavy (non-hydrogen) atoms. The summed E-state index contributed by atoms with van der Waals surface area (Å²) in [4.78, 5) is 2.40. The van der Waals surface area contributed by atoms with Gasteiger partial charge >= 0.3 is 0 Å². The van der Waals surface area contributed by atoms with E-state index in [1.165, 1.54) is 24.8 Å². The van der Waals surface area contributed by atoms with Crippen molar-refractivity contribution in [2.24, 2.45) is 5.92 Å². The molecule has 0 fully saturated rings. The lowest BCUT2D eigenvalue weighted by atomic mass is 9.69. The molecule has 0 heterocycles. The Morgan fingerprint density at radius 1 is 0.906 bits per heavy atom. The fourth-order valence-corrected chi connectivity index (χ4v) is 4.40. The van der Waals surface area contributed by atoms with Crippen LogP contribution in [0.15, 0.2) is 48.5 Å². The highest BCUT2D eigenvalue weighted by Gasteiger charge is 2.36. The van der Waals surface area contributed by atoms with Crippen LogP contribution >= 0.6 is 0 Å². The standard InChI is InChI=1S/C28H40N2O2/c1-23(2)28(22-29,25-16-17-26(31-4)27(21-25)32-5)18-12-20-30(3)19-11-7-10-15-24-13-8-6-9-14-24/h6,8-9,13-14,16-17,21,23H,7,10-12,15,18-20H2,1-5H3. The Labute approximate surface area is 195 Å². The third-order valence-corrected chi connectivity index (χ3v) is 6.54. The molecule has 0 saturated heterocycles. The predicted molar refractivity (Wildman–Crippen MR) is 132 cm³/mol. The van der Waals surface area contributed by atoms with Crippen molar-refractivity contribution >= 4 is 0 Å². The molecular weight excluding hydrogens is 396 g/mol. The van der Waals surface area contributed by atoms with E-state index in [0.717, 1.165) is 37.9 Å². The summed E-state index contributed by atoms with van der Waals surface area (Å²) in [6.07, 6.45) is 6.68. The molecule has 0 amide bonds. The molecular formula is C28H40N2O2. The lowest BCUT2D eigenvalue weighted by Crippen LogP contribution is -2.32. The second-order valence-corrected chi connectivity index (χ2v) is 9.01. The highest BCUT2D eigenvalue weighted by atomic mass is 16.5. The summed E-state index contributed by atoms with van der Waals surface area (Å²) in [6, 6.07) is 19.3. The molecule has 0 radical (unpaired) electrons. The zero-order valence-electron chi connectivity index (χ0n) is 20.6. The van der Waals surface area contributed by atoms with E-state index in [1.807, 2.05) is 18.2 Å². The lowest BCUT2D eigenvalue weighted by molar-refractivity contribution is 0.286. The van der Waals surface area contributed by atoms with Crippen molar-refractivity contribution in [1.29, 1.82) is 5.26 Å². The maximum atomic E-state index is 10.2. The number of aryl methyl sites for hydroxylation is 1. The lowest BCUT2D eigenvalue weighted by Gasteiger charge is -2.32. The summed E-state index contributed by atoms with van der Waals surface area (Å²) in [5.74, 6) is 1.57. The summed E-state index contributed by atoms with van der Waals surface area (Å²) in [6.45, 7) is 6.38. The topological polar surface area (TPSA) is 45.5 Å². The molecule has 0 bridgehead atoms. The molecule has 1 unspecified atom stereocenters. The molecule has 2 rings (SSSR count). The van der Waals surface area contributed by atoms with Crippen LogP contribution in [0, 0.1) is 17.2 Å². The van der Waals surface area contributed by atoms with Gasteiger partial charge in [0.05, 0.1) is 25.7 Å². The molecule has 0 N–H and O–H groups in total. The third kappa shape index (κ3) is 7.00. The van der Waals surface area contributed by atoms with Crippen molar-refractivity contribution in [2.45, 2.75) is 57.8 Å². The van der Waals surface area contributed by atoms with Gasteiger partial charge in [0, 0.05) is 0 Å². The minimum Gasteiger partial charge on any atom is -0.493 e. The summed E-state index contributed by atoms with van der Waals surface area (Å²) in [7, 11) is 5.46. The minimum atomic E-state index is -0.532. The van der Waals surface area contributed by atoms with Gasteiger partial charge in [-0.15, -0.1) is 0 Å². The van der Waals surface area contributed by atoms with Gasteiger partial charge in [0.25, 0.3) is 0 Å². The number of rotatable bonds is 14. The van der Waals surface area contributed by atoms with Crippen LogP contribution in [0.3, 0.4) is 0 Å². The van der Waals surface area contributed by atoms with Gasteiger partial charge in [-0.05, 0) is 81.4 Å². The van der Waals surface area contributed by atoms with Crippen LogP contribution < -0.4 is 9.47 Å². The average Bonchev–Trinajstić information content (AvgIpc) is 2.81. The number of benzene rings is 2. The summed E-state index contributed by atoms with van der Waals surface area (Å²) in [5.41, 5.74) is 1.91. The number of methoxy groups -OCH3 is 2. The Morgan fingerprint density at radius 3 is 2.22 bits per heavy atom. The van der Waals surface area contributed by atoms with E-state index < -0.39 is 5.41 Å². The van der Waals surface area contributed by atoms with E-state index in [4.69, 9.17) is 9.47 Å². The zero-order valence-corrected chi connectivity index (χ0v) is 20.6. The Hall–Kier alpha value is -2.51. The van der Waals surface area contributed by atoms with Gasteiger partial charge in [-0.25, -0.2) is 0 Å². The van der Waals surface area contributed by atoms with E-state index in [-0.39, 0.29) is 5.92 Å². The highest BCUT2D eigenvalue weighted by molar-refractivity contribution is 5.47. The summed E-state index contributed by atoms with van der Waals surface area (Å²) < 4.78 is 10.9. The van der Waals surface area contributed by atoms with Crippen LogP contribution in [0.5, 0.6) is 11.5 Å². The van der Waals surface area contributed by atoms with Gasteiger partial charge in [0.2, 0.25) is 0 Å². The average molecular weight is 437 g/mol. The molecule has 2 aromatic carbocycles. The molecule has 4 heteroatoms. The first-order valence-electron chi connectivity index (χ1n) is 11.8. The smallest absolute Gasteiger partial charge is 0.161 e. The Morgan fingerprint density at radius 2 is 1.59 bits per heavy atom.